The highest BCUT2D eigenvalue weighted by Gasteiger charge is 2.70. The molecule has 8 nitrogen and oxygen atoms in total. The molecule has 11 heteroatoms. The third kappa shape index (κ3) is 3.01. The SMILES string of the molecule is O=C(O)CN1C(=O)[C@@H]2[C@H]3C[C@@H]([C@@H]2C1=O)[C@@H]1[C@H](c2ccc(-c4ccccc4Cl)o2)c2sc(=O)[nH]c2S[C@H]31. The molecule has 2 aliphatic carbocycles. The zero-order valence-corrected chi connectivity index (χ0v) is 20.9. The summed E-state index contributed by atoms with van der Waals surface area (Å²) in [4.78, 5) is 54.7. The fourth-order valence-electron chi connectivity index (χ4n) is 7.01. The summed E-state index contributed by atoms with van der Waals surface area (Å²) in [5.41, 5.74) is 0.767. The van der Waals surface area contributed by atoms with Crippen LogP contribution in [0.4, 0.5) is 0 Å². The van der Waals surface area contributed by atoms with Gasteiger partial charge in [-0.05, 0) is 48.4 Å². The molecule has 7 rings (SSSR count). The van der Waals surface area contributed by atoms with Crippen LogP contribution in [0.25, 0.3) is 11.3 Å². The predicted octanol–water partition coefficient (Wildman–Crippen LogP) is 3.91. The summed E-state index contributed by atoms with van der Waals surface area (Å²) < 4.78 is 6.36. The van der Waals surface area contributed by atoms with Gasteiger partial charge in [-0.1, -0.05) is 35.1 Å². The molecule has 2 amide bonds. The van der Waals surface area contributed by atoms with Gasteiger partial charge in [0.05, 0.1) is 32.7 Å². The average Bonchev–Trinajstić information content (AvgIpc) is 3.64. The lowest BCUT2D eigenvalue weighted by Gasteiger charge is -2.42. The van der Waals surface area contributed by atoms with Crippen LogP contribution in [-0.4, -0.2) is 44.6 Å². The maximum absolute atomic E-state index is 13.3. The van der Waals surface area contributed by atoms with E-state index in [1.165, 1.54) is 0 Å². The van der Waals surface area contributed by atoms with Gasteiger partial charge in [0.15, 0.2) is 0 Å². The van der Waals surface area contributed by atoms with Crippen LogP contribution in [-0.2, 0) is 14.4 Å². The number of hydrogen-bond donors (Lipinski definition) is 2. The van der Waals surface area contributed by atoms with Gasteiger partial charge in [0.1, 0.15) is 18.1 Å². The van der Waals surface area contributed by atoms with Gasteiger partial charge in [0.2, 0.25) is 11.8 Å². The van der Waals surface area contributed by atoms with Crippen LogP contribution in [0.1, 0.15) is 23.0 Å². The monoisotopic (exact) mass is 542 g/mol. The number of aromatic amines is 1. The fourth-order valence-corrected chi connectivity index (χ4v) is 10.1. The van der Waals surface area contributed by atoms with E-state index < -0.39 is 24.3 Å². The number of thioether (sulfide) groups is 1. The Morgan fingerprint density at radius 3 is 2.61 bits per heavy atom. The van der Waals surface area contributed by atoms with Crippen LogP contribution in [0.15, 0.2) is 50.6 Å². The van der Waals surface area contributed by atoms with E-state index in [4.69, 9.17) is 16.0 Å². The number of thiazole rings is 1. The smallest absolute Gasteiger partial charge is 0.323 e. The Morgan fingerprint density at radius 2 is 1.86 bits per heavy atom. The molecule has 7 atom stereocenters. The largest absolute Gasteiger partial charge is 0.480 e. The van der Waals surface area contributed by atoms with Crippen LogP contribution in [0.2, 0.25) is 5.02 Å². The van der Waals surface area contributed by atoms with Gasteiger partial charge in [0.25, 0.3) is 0 Å². The van der Waals surface area contributed by atoms with Crippen molar-refractivity contribution in [3.63, 3.8) is 0 Å². The second-order valence-electron chi connectivity index (χ2n) is 9.80. The molecule has 0 radical (unpaired) electrons. The highest BCUT2D eigenvalue weighted by atomic mass is 35.5. The van der Waals surface area contributed by atoms with Crippen molar-refractivity contribution in [2.24, 2.45) is 29.6 Å². The lowest BCUT2D eigenvalue weighted by Crippen LogP contribution is -2.42. The van der Waals surface area contributed by atoms with Crippen molar-refractivity contribution in [1.29, 1.82) is 0 Å². The number of furan rings is 1. The van der Waals surface area contributed by atoms with Crippen LogP contribution in [0.5, 0.6) is 0 Å². The first-order chi connectivity index (χ1) is 17.3. The van der Waals surface area contributed by atoms with E-state index in [-0.39, 0.29) is 45.6 Å². The Morgan fingerprint density at radius 1 is 1.11 bits per heavy atom. The maximum atomic E-state index is 13.3. The Hall–Kier alpha value is -2.82. The Labute approximate surface area is 217 Å². The number of nitrogens with zero attached hydrogens (tertiary/aromatic N) is 1. The number of benzene rings is 1. The molecule has 0 spiro atoms. The Kier molecular flexibility index (Phi) is 4.87. The summed E-state index contributed by atoms with van der Waals surface area (Å²) in [6.07, 6.45) is 0.726. The van der Waals surface area contributed by atoms with Gasteiger partial charge in [-0.15, -0.1) is 11.8 Å². The topological polar surface area (TPSA) is 121 Å². The molecule has 3 fully saturated rings. The molecule has 0 unspecified atom stereocenters. The summed E-state index contributed by atoms with van der Waals surface area (Å²) >= 11 is 9.13. The summed E-state index contributed by atoms with van der Waals surface area (Å²) in [5, 5.41) is 10.6. The third-order valence-corrected chi connectivity index (χ3v) is 11.1. The van der Waals surface area contributed by atoms with Crippen molar-refractivity contribution in [3.05, 3.63) is 61.7 Å². The first kappa shape index (κ1) is 22.4. The molecule has 2 aromatic heterocycles. The second-order valence-corrected chi connectivity index (χ2v) is 12.4. The Balaban J connectivity index is 1.32. The lowest BCUT2D eigenvalue weighted by atomic mass is 9.69. The second kappa shape index (κ2) is 7.84. The number of rotatable bonds is 4. The maximum Gasteiger partial charge on any atom is 0.323 e. The third-order valence-electron chi connectivity index (χ3n) is 8.18. The highest BCUT2D eigenvalue weighted by molar-refractivity contribution is 8.00. The first-order valence-electron chi connectivity index (χ1n) is 11.6. The fraction of sp³-hybridized carbons (Fsp3) is 0.360. The number of halogens is 1. The number of carbonyl (C=O) groups excluding carboxylic acids is 2. The Bertz CT molecular complexity index is 1510. The number of fused-ring (bicyclic) bond motifs is 9. The van der Waals surface area contributed by atoms with E-state index >= 15 is 0 Å². The van der Waals surface area contributed by atoms with Gasteiger partial charge in [0, 0.05) is 10.8 Å². The molecule has 2 aliphatic heterocycles. The van der Waals surface area contributed by atoms with E-state index in [9.17, 15) is 24.3 Å². The van der Waals surface area contributed by atoms with Gasteiger partial charge in [-0.3, -0.25) is 24.1 Å². The van der Waals surface area contributed by atoms with Crippen LogP contribution < -0.4 is 4.87 Å². The zero-order chi connectivity index (χ0) is 24.9. The number of carboxylic acids is 1. The number of amides is 2. The summed E-state index contributed by atoms with van der Waals surface area (Å²) in [7, 11) is 0. The minimum atomic E-state index is -1.20. The van der Waals surface area contributed by atoms with Gasteiger partial charge in [-0.25, -0.2) is 0 Å². The van der Waals surface area contributed by atoms with E-state index in [2.05, 4.69) is 4.98 Å². The molecule has 4 aliphatic rings. The van der Waals surface area contributed by atoms with Crippen LogP contribution in [0.3, 0.4) is 0 Å². The summed E-state index contributed by atoms with van der Waals surface area (Å²) in [6, 6.07) is 11.2. The van der Waals surface area contributed by atoms with E-state index in [1.54, 1.807) is 17.8 Å². The minimum absolute atomic E-state index is 0.00870. The van der Waals surface area contributed by atoms with Crippen LogP contribution >= 0.6 is 34.7 Å². The van der Waals surface area contributed by atoms with E-state index in [1.807, 2.05) is 30.3 Å². The molecule has 2 bridgehead atoms. The number of aromatic nitrogens is 1. The van der Waals surface area contributed by atoms with Crippen LogP contribution in [0, 0.1) is 29.6 Å². The molecule has 184 valence electrons. The lowest BCUT2D eigenvalue weighted by molar-refractivity contribution is -0.149. The average molecular weight is 543 g/mol. The molecule has 1 aromatic carbocycles. The number of nitrogens with one attached hydrogen (secondary N) is 1. The zero-order valence-electron chi connectivity index (χ0n) is 18.5. The molecular formula is C25H19ClN2O6S2. The standard InChI is InChI=1S/C25H19ClN2O6S2/c26-12-4-2-1-3-9(12)13-5-6-14(34-13)19-16-10-7-11(20(16)35-22-21(19)36-25(33)27-22)18-17(10)23(31)28(24(18)32)8-15(29)30/h1-6,10-11,16-20H,7-8H2,(H,27,33)(H,29,30)/t10-,11-,16-,17+,18-,19+,20-/m1/s1. The van der Waals surface area contributed by atoms with Gasteiger partial charge >= 0.3 is 10.8 Å². The predicted molar refractivity (Wildman–Crippen MR) is 132 cm³/mol. The number of H-pyrrole nitrogens is 1. The normalized spacial score (nSPS) is 32.0. The van der Waals surface area contributed by atoms with Gasteiger partial charge < -0.3 is 14.5 Å². The van der Waals surface area contributed by atoms with Crippen molar-refractivity contribution >= 4 is 52.5 Å². The van der Waals surface area contributed by atoms with Gasteiger partial charge in [-0.2, -0.15) is 0 Å². The molecule has 2 N–H and O–H groups in total. The number of carboxylic acid groups (broad SMARTS) is 1. The van der Waals surface area contributed by atoms with E-state index in [0.717, 1.165) is 38.1 Å². The minimum Gasteiger partial charge on any atom is -0.480 e. The number of aliphatic carboxylic acids is 1. The number of hydrogen-bond acceptors (Lipinski definition) is 7. The molecule has 2 saturated carbocycles. The number of carbonyl (C=O) groups is 3. The molecule has 36 heavy (non-hydrogen) atoms. The first-order valence-corrected chi connectivity index (χ1v) is 13.7. The number of likely N-dealkylation sites (tertiary alicyclic amines) is 1. The summed E-state index contributed by atoms with van der Waals surface area (Å²) in [5.74, 6) is -2.11. The van der Waals surface area contributed by atoms with E-state index in [0.29, 0.717) is 16.5 Å². The molecule has 1 saturated heterocycles. The van der Waals surface area contributed by atoms with Crippen molar-refractivity contribution in [2.75, 3.05) is 6.54 Å². The highest BCUT2D eigenvalue weighted by Crippen LogP contribution is 2.68. The van der Waals surface area contributed by atoms with Crippen molar-refractivity contribution in [2.45, 2.75) is 22.6 Å². The number of imide groups is 1. The van der Waals surface area contributed by atoms with Crippen molar-refractivity contribution in [3.8, 4) is 11.3 Å². The van der Waals surface area contributed by atoms with Crippen molar-refractivity contribution < 1.29 is 23.9 Å². The summed E-state index contributed by atoms with van der Waals surface area (Å²) in [6.45, 7) is -0.601. The molecular weight excluding hydrogens is 524 g/mol. The van der Waals surface area contributed by atoms with Crippen molar-refractivity contribution in [1.82, 2.24) is 9.88 Å². The molecule has 4 heterocycles. The quantitative estimate of drug-likeness (QED) is 0.479. The molecule has 3 aromatic rings.